The molecule has 14 heavy (non-hydrogen) atoms. The Morgan fingerprint density at radius 2 is 2.29 bits per heavy atom. The lowest BCUT2D eigenvalue weighted by Gasteiger charge is -2.31. The molecule has 0 aromatic carbocycles. The van der Waals surface area contributed by atoms with Gasteiger partial charge in [0.25, 0.3) is 0 Å². The van der Waals surface area contributed by atoms with Crippen molar-refractivity contribution in [2.45, 2.75) is 44.0 Å². The van der Waals surface area contributed by atoms with E-state index in [-0.39, 0.29) is 11.9 Å². The molecule has 1 rings (SSSR count). The summed E-state index contributed by atoms with van der Waals surface area (Å²) in [6.45, 7) is 4.16. The number of nitrogens with one attached hydrogen (secondary N) is 2. The largest absolute Gasteiger partial charge is 0.358 e. The normalized spacial score (nSPS) is 29.6. The lowest BCUT2D eigenvalue weighted by Crippen LogP contribution is -2.49. The van der Waals surface area contributed by atoms with Crippen LogP contribution in [-0.4, -0.2) is 36.0 Å². The van der Waals surface area contributed by atoms with Gasteiger partial charge in [0.15, 0.2) is 0 Å². The summed E-state index contributed by atoms with van der Waals surface area (Å²) in [5.74, 6) is 1.33. The fraction of sp³-hybridized carbons (Fsp3) is 0.900. The Bertz CT molecular complexity index is 199. The maximum Gasteiger partial charge on any atom is 0.236 e. The summed E-state index contributed by atoms with van der Waals surface area (Å²) in [7, 11) is 1.68. The number of carbonyl (C=O) groups excluding carboxylic acids is 1. The van der Waals surface area contributed by atoms with Gasteiger partial charge in [-0.3, -0.25) is 4.79 Å². The lowest BCUT2D eigenvalue weighted by molar-refractivity contribution is -0.122. The van der Waals surface area contributed by atoms with E-state index in [0.717, 1.165) is 0 Å². The molecule has 1 amide bonds. The zero-order chi connectivity index (χ0) is 10.6. The second-order valence-electron chi connectivity index (χ2n) is 3.83. The van der Waals surface area contributed by atoms with E-state index >= 15 is 0 Å². The van der Waals surface area contributed by atoms with Crippen molar-refractivity contribution in [1.29, 1.82) is 0 Å². The Morgan fingerprint density at radius 1 is 1.57 bits per heavy atom. The number of carbonyl (C=O) groups is 1. The van der Waals surface area contributed by atoms with Gasteiger partial charge in [0.1, 0.15) is 0 Å². The molecule has 0 aromatic rings. The summed E-state index contributed by atoms with van der Waals surface area (Å²) >= 11 is 1.99. The molecule has 3 atom stereocenters. The first-order valence-corrected chi connectivity index (χ1v) is 6.29. The Hall–Kier alpha value is -0.220. The van der Waals surface area contributed by atoms with Crippen LogP contribution in [-0.2, 0) is 4.79 Å². The fourth-order valence-corrected chi connectivity index (χ4v) is 2.91. The van der Waals surface area contributed by atoms with Crippen molar-refractivity contribution in [3.05, 3.63) is 0 Å². The van der Waals surface area contributed by atoms with Crippen LogP contribution in [0.2, 0.25) is 0 Å². The SMILES string of the molecule is CNC(=O)C(C)NC1CCCSC1C. The first-order valence-electron chi connectivity index (χ1n) is 5.24. The fourth-order valence-electron chi connectivity index (χ4n) is 1.76. The predicted molar refractivity (Wildman–Crippen MR) is 61.6 cm³/mol. The van der Waals surface area contributed by atoms with Crippen LogP contribution < -0.4 is 10.6 Å². The van der Waals surface area contributed by atoms with Gasteiger partial charge in [0.2, 0.25) is 5.91 Å². The maximum atomic E-state index is 11.3. The van der Waals surface area contributed by atoms with E-state index in [1.165, 1.54) is 18.6 Å². The molecule has 1 saturated heterocycles. The molecule has 1 fully saturated rings. The van der Waals surface area contributed by atoms with E-state index in [2.05, 4.69) is 17.6 Å². The van der Waals surface area contributed by atoms with Gasteiger partial charge in [-0.2, -0.15) is 11.8 Å². The van der Waals surface area contributed by atoms with Crippen molar-refractivity contribution >= 4 is 17.7 Å². The standard InChI is InChI=1S/C10H20N2OS/c1-7(10(13)11-3)12-9-5-4-6-14-8(9)2/h7-9,12H,4-6H2,1-3H3,(H,11,13). The highest BCUT2D eigenvalue weighted by atomic mass is 32.2. The van der Waals surface area contributed by atoms with Gasteiger partial charge >= 0.3 is 0 Å². The minimum Gasteiger partial charge on any atom is -0.358 e. The highest BCUT2D eigenvalue weighted by Gasteiger charge is 2.24. The van der Waals surface area contributed by atoms with Crippen LogP contribution in [0.3, 0.4) is 0 Å². The first-order chi connectivity index (χ1) is 6.65. The first kappa shape index (κ1) is 11.9. The molecule has 0 bridgehead atoms. The van der Waals surface area contributed by atoms with Crippen molar-refractivity contribution in [3.63, 3.8) is 0 Å². The number of rotatable bonds is 3. The second-order valence-corrected chi connectivity index (χ2v) is 5.31. The molecule has 0 aliphatic carbocycles. The smallest absolute Gasteiger partial charge is 0.236 e. The number of hydrogen-bond acceptors (Lipinski definition) is 3. The van der Waals surface area contributed by atoms with Crippen LogP contribution in [0.4, 0.5) is 0 Å². The van der Waals surface area contributed by atoms with Crippen LogP contribution in [0.5, 0.6) is 0 Å². The number of thioether (sulfide) groups is 1. The molecule has 1 aliphatic rings. The van der Waals surface area contributed by atoms with E-state index in [4.69, 9.17) is 0 Å². The summed E-state index contributed by atoms with van der Waals surface area (Å²) in [6, 6.07) is 0.409. The third kappa shape index (κ3) is 3.17. The molecule has 2 N–H and O–H groups in total. The van der Waals surface area contributed by atoms with Crippen LogP contribution >= 0.6 is 11.8 Å². The third-order valence-electron chi connectivity index (χ3n) is 2.71. The second kappa shape index (κ2) is 5.61. The van der Waals surface area contributed by atoms with E-state index in [0.29, 0.717) is 11.3 Å². The average Bonchev–Trinajstić information content (AvgIpc) is 2.20. The monoisotopic (exact) mass is 216 g/mol. The number of amides is 1. The summed E-state index contributed by atoms with van der Waals surface area (Å²) in [5, 5.41) is 6.67. The van der Waals surface area contributed by atoms with Gasteiger partial charge < -0.3 is 10.6 Å². The molecule has 1 heterocycles. The van der Waals surface area contributed by atoms with E-state index in [9.17, 15) is 4.79 Å². The molecule has 82 valence electrons. The molecular formula is C10H20N2OS. The highest BCUT2D eigenvalue weighted by molar-refractivity contribution is 7.99. The minimum atomic E-state index is -0.0776. The van der Waals surface area contributed by atoms with Crippen LogP contribution in [0.1, 0.15) is 26.7 Å². The Kier molecular flexibility index (Phi) is 4.75. The predicted octanol–water partition coefficient (Wildman–Crippen LogP) is 0.995. The maximum absolute atomic E-state index is 11.3. The quantitative estimate of drug-likeness (QED) is 0.739. The minimum absolute atomic E-state index is 0.0766. The Labute approximate surface area is 90.4 Å². The molecule has 0 radical (unpaired) electrons. The van der Waals surface area contributed by atoms with Crippen LogP contribution in [0, 0.1) is 0 Å². The Balaban J connectivity index is 2.38. The summed E-state index contributed by atoms with van der Waals surface area (Å²) < 4.78 is 0. The van der Waals surface area contributed by atoms with E-state index in [1.807, 2.05) is 18.7 Å². The molecular weight excluding hydrogens is 196 g/mol. The van der Waals surface area contributed by atoms with Gasteiger partial charge in [0, 0.05) is 18.3 Å². The van der Waals surface area contributed by atoms with Crippen molar-refractivity contribution in [3.8, 4) is 0 Å². The summed E-state index contributed by atoms with van der Waals surface area (Å²) in [6.07, 6.45) is 2.45. The van der Waals surface area contributed by atoms with Crippen LogP contribution in [0.15, 0.2) is 0 Å². The van der Waals surface area contributed by atoms with Crippen molar-refractivity contribution in [2.24, 2.45) is 0 Å². The van der Waals surface area contributed by atoms with Crippen molar-refractivity contribution in [2.75, 3.05) is 12.8 Å². The third-order valence-corrected chi connectivity index (χ3v) is 4.09. The van der Waals surface area contributed by atoms with Gasteiger partial charge in [-0.15, -0.1) is 0 Å². The number of hydrogen-bond donors (Lipinski definition) is 2. The number of likely N-dealkylation sites (N-methyl/N-ethyl adjacent to an activating group) is 1. The van der Waals surface area contributed by atoms with Crippen molar-refractivity contribution < 1.29 is 4.79 Å². The lowest BCUT2D eigenvalue weighted by atomic mass is 10.1. The van der Waals surface area contributed by atoms with Gasteiger partial charge in [0.05, 0.1) is 6.04 Å². The van der Waals surface area contributed by atoms with Gasteiger partial charge in [-0.25, -0.2) is 0 Å². The summed E-state index contributed by atoms with van der Waals surface area (Å²) in [5.41, 5.74) is 0. The molecule has 3 nitrogen and oxygen atoms in total. The van der Waals surface area contributed by atoms with Crippen molar-refractivity contribution in [1.82, 2.24) is 10.6 Å². The molecule has 4 heteroatoms. The molecule has 0 spiro atoms. The van der Waals surface area contributed by atoms with Gasteiger partial charge in [-0.05, 0) is 25.5 Å². The molecule has 3 unspecified atom stereocenters. The zero-order valence-corrected chi connectivity index (χ0v) is 9.99. The molecule has 1 aliphatic heterocycles. The Morgan fingerprint density at radius 3 is 2.86 bits per heavy atom. The highest BCUT2D eigenvalue weighted by Crippen LogP contribution is 2.25. The topological polar surface area (TPSA) is 41.1 Å². The van der Waals surface area contributed by atoms with E-state index in [1.54, 1.807) is 7.05 Å². The van der Waals surface area contributed by atoms with E-state index < -0.39 is 0 Å². The summed E-state index contributed by atoms with van der Waals surface area (Å²) in [4.78, 5) is 11.3. The zero-order valence-electron chi connectivity index (χ0n) is 9.17. The van der Waals surface area contributed by atoms with Crippen LogP contribution in [0.25, 0.3) is 0 Å². The molecule has 0 aromatic heterocycles. The average molecular weight is 216 g/mol. The van der Waals surface area contributed by atoms with Gasteiger partial charge in [-0.1, -0.05) is 6.92 Å². The molecule has 0 saturated carbocycles.